The van der Waals surface area contributed by atoms with E-state index in [-0.39, 0.29) is 11.8 Å². The Kier molecular flexibility index (Phi) is 8.45. The van der Waals surface area contributed by atoms with Crippen LogP contribution in [0.2, 0.25) is 0 Å². The van der Waals surface area contributed by atoms with E-state index in [4.69, 9.17) is 0 Å². The molecule has 0 heterocycles. The summed E-state index contributed by atoms with van der Waals surface area (Å²) >= 11 is 0. The minimum absolute atomic E-state index is 0.0723. The number of carbonyl (C=O) groups is 1. The van der Waals surface area contributed by atoms with Crippen LogP contribution in [0.1, 0.15) is 83.8 Å². The lowest BCUT2D eigenvalue weighted by molar-refractivity contribution is -0.123. The molecule has 0 aliphatic rings. The van der Waals surface area contributed by atoms with Crippen molar-refractivity contribution >= 4 is 5.78 Å². The molecule has 0 aliphatic heterocycles. The maximum absolute atomic E-state index is 12.7. The molecule has 0 radical (unpaired) electrons. The molecule has 1 aromatic rings. The molecule has 1 aromatic carbocycles. The third-order valence-electron chi connectivity index (χ3n) is 4.61. The third kappa shape index (κ3) is 5.94. The smallest absolute Gasteiger partial charge is 0.142 e. The van der Waals surface area contributed by atoms with E-state index in [0.717, 1.165) is 12.8 Å². The predicted octanol–water partition coefficient (Wildman–Crippen LogP) is 6.16. The maximum Gasteiger partial charge on any atom is 0.142 e. The number of hydrogen-bond donors (Lipinski definition) is 0. The van der Waals surface area contributed by atoms with Gasteiger partial charge in [-0.15, -0.1) is 0 Å². The number of carbonyl (C=O) groups excluding carboxylic acids is 1. The zero-order chi connectivity index (χ0) is 16.5. The molecular formula is C21H34O. The zero-order valence-electron chi connectivity index (χ0n) is 15.2. The van der Waals surface area contributed by atoms with Crippen molar-refractivity contribution in [3.8, 4) is 0 Å². The average Bonchev–Trinajstić information content (AvgIpc) is 2.52. The first-order valence-electron chi connectivity index (χ1n) is 9.12. The van der Waals surface area contributed by atoms with E-state index in [1.165, 1.54) is 36.8 Å². The van der Waals surface area contributed by atoms with Gasteiger partial charge >= 0.3 is 0 Å². The SMILES string of the molecule is CCCCCC(C)CC(C(=O)C(C)C)c1cccc(CC)c1. The lowest BCUT2D eigenvalue weighted by atomic mass is 9.81. The molecule has 0 amide bonds. The average molecular weight is 303 g/mol. The highest BCUT2D eigenvalue weighted by Crippen LogP contribution is 2.30. The molecule has 0 spiro atoms. The van der Waals surface area contributed by atoms with Crippen molar-refractivity contribution in [1.29, 1.82) is 0 Å². The van der Waals surface area contributed by atoms with E-state index in [9.17, 15) is 4.79 Å². The third-order valence-corrected chi connectivity index (χ3v) is 4.61. The molecule has 0 aliphatic carbocycles. The Balaban J connectivity index is 2.86. The van der Waals surface area contributed by atoms with Gasteiger partial charge in [0.2, 0.25) is 0 Å². The summed E-state index contributed by atoms with van der Waals surface area (Å²) in [6, 6.07) is 8.65. The molecule has 2 unspecified atom stereocenters. The van der Waals surface area contributed by atoms with Crippen molar-refractivity contribution in [2.24, 2.45) is 11.8 Å². The second kappa shape index (κ2) is 9.82. The Morgan fingerprint density at radius 1 is 1.09 bits per heavy atom. The van der Waals surface area contributed by atoms with Crippen LogP contribution >= 0.6 is 0 Å². The van der Waals surface area contributed by atoms with E-state index in [1.54, 1.807) is 0 Å². The van der Waals surface area contributed by atoms with Gasteiger partial charge in [-0.05, 0) is 29.9 Å². The number of Topliss-reactive ketones (excluding diaryl/α,β-unsaturated/α-hetero) is 1. The molecule has 0 N–H and O–H groups in total. The number of rotatable bonds is 10. The van der Waals surface area contributed by atoms with E-state index in [1.807, 2.05) is 13.8 Å². The van der Waals surface area contributed by atoms with Gasteiger partial charge in [0.25, 0.3) is 0 Å². The van der Waals surface area contributed by atoms with Gasteiger partial charge < -0.3 is 0 Å². The van der Waals surface area contributed by atoms with Crippen LogP contribution in [0.3, 0.4) is 0 Å². The van der Waals surface area contributed by atoms with Crippen LogP contribution in [0, 0.1) is 11.8 Å². The first-order chi connectivity index (χ1) is 10.5. The Morgan fingerprint density at radius 2 is 1.82 bits per heavy atom. The number of benzene rings is 1. The van der Waals surface area contributed by atoms with Crippen LogP contribution in [-0.2, 0) is 11.2 Å². The number of aryl methyl sites for hydroxylation is 1. The van der Waals surface area contributed by atoms with Gasteiger partial charge in [0.1, 0.15) is 5.78 Å². The highest BCUT2D eigenvalue weighted by Gasteiger charge is 2.25. The van der Waals surface area contributed by atoms with Crippen LogP contribution < -0.4 is 0 Å². The van der Waals surface area contributed by atoms with E-state index >= 15 is 0 Å². The van der Waals surface area contributed by atoms with Gasteiger partial charge in [-0.25, -0.2) is 0 Å². The lowest BCUT2D eigenvalue weighted by Gasteiger charge is -2.23. The van der Waals surface area contributed by atoms with Crippen molar-refractivity contribution in [1.82, 2.24) is 0 Å². The topological polar surface area (TPSA) is 17.1 Å². The van der Waals surface area contributed by atoms with Crippen molar-refractivity contribution < 1.29 is 4.79 Å². The summed E-state index contributed by atoms with van der Waals surface area (Å²) in [5, 5.41) is 0. The van der Waals surface area contributed by atoms with Gasteiger partial charge in [-0.1, -0.05) is 84.6 Å². The van der Waals surface area contributed by atoms with Crippen LogP contribution in [-0.4, -0.2) is 5.78 Å². The summed E-state index contributed by atoms with van der Waals surface area (Å²) in [7, 11) is 0. The van der Waals surface area contributed by atoms with E-state index < -0.39 is 0 Å². The largest absolute Gasteiger partial charge is 0.299 e. The normalized spacial score (nSPS) is 14.1. The standard InChI is InChI=1S/C21H34O/c1-6-8-9-11-17(5)14-20(21(22)16(3)4)19-13-10-12-18(7-2)15-19/h10,12-13,15-17,20H,6-9,11,14H2,1-5H3. The summed E-state index contributed by atoms with van der Waals surface area (Å²) in [6.45, 7) is 10.8. The van der Waals surface area contributed by atoms with Gasteiger partial charge in [0.15, 0.2) is 0 Å². The van der Waals surface area contributed by atoms with Crippen molar-refractivity contribution in [3.05, 3.63) is 35.4 Å². The molecular weight excluding hydrogens is 268 g/mol. The van der Waals surface area contributed by atoms with Gasteiger partial charge in [0, 0.05) is 11.8 Å². The highest BCUT2D eigenvalue weighted by molar-refractivity contribution is 5.87. The quantitative estimate of drug-likeness (QED) is 0.473. The summed E-state index contributed by atoms with van der Waals surface area (Å²) in [6.07, 6.45) is 7.12. The zero-order valence-corrected chi connectivity index (χ0v) is 15.2. The van der Waals surface area contributed by atoms with Crippen LogP contribution in [0.15, 0.2) is 24.3 Å². The molecule has 1 rings (SSSR count). The van der Waals surface area contributed by atoms with Crippen LogP contribution in [0.4, 0.5) is 0 Å². The van der Waals surface area contributed by atoms with Crippen molar-refractivity contribution in [2.75, 3.05) is 0 Å². The Morgan fingerprint density at radius 3 is 2.41 bits per heavy atom. The molecule has 2 atom stereocenters. The molecule has 1 heteroatoms. The van der Waals surface area contributed by atoms with Gasteiger partial charge in [-0.3, -0.25) is 4.79 Å². The molecule has 1 nitrogen and oxygen atoms in total. The second-order valence-electron chi connectivity index (χ2n) is 7.04. The van der Waals surface area contributed by atoms with Crippen molar-refractivity contribution in [3.63, 3.8) is 0 Å². The maximum atomic E-state index is 12.7. The molecule has 0 bridgehead atoms. The molecule has 124 valence electrons. The molecule has 22 heavy (non-hydrogen) atoms. The first-order valence-corrected chi connectivity index (χ1v) is 9.12. The highest BCUT2D eigenvalue weighted by atomic mass is 16.1. The van der Waals surface area contributed by atoms with E-state index in [0.29, 0.717) is 11.7 Å². The van der Waals surface area contributed by atoms with Crippen LogP contribution in [0.25, 0.3) is 0 Å². The second-order valence-corrected chi connectivity index (χ2v) is 7.04. The predicted molar refractivity (Wildman–Crippen MR) is 96.3 cm³/mol. The Labute approximate surface area is 137 Å². The lowest BCUT2D eigenvalue weighted by Crippen LogP contribution is -2.20. The fourth-order valence-corrected chi connectivity index (χ4v) is 3.11. The molecule has 0 saturated heterocycles. The summed E-state index contributed by atoms with van der Waals surface area (Å²) in [4.78, 5) is 12.7. The van der Waals surface area contributed by atoms with Gasteiger partial charge in [0.05, 0.1) is 0 Å². The summed E-state index contributed by atoms with van der Waals surface area (Å²) < 4.78 is 0. The van der Waals surface area contributed by atoms with Gasteiger partial charge in [-0.2, -0.15) is 0 Å². The number of unbranched alkanes of at least 4 members (excludes halogenated alkanes) is 2. The Hall–Kier alpha value is -1.11. The fraction of sp³-hybridized carbons (Fsp3) is 0.667. The van der Waals surface area contributed by atoms with Crippen LogP contribution in [0.5, 0.6) is 0 Å². The number of ketones is 1. The molecule has 0 aromatic heterocycles. The Bertz CT molecular complexity index is 447. The molecule has 0 fully saturated rings. The monoisotopic (exact) mass is 302 g/mol. The summed E-state index contributed by atoms with van der Waals surface area (Å²) in [5.74, 6) is 1.20. The first kappa shape index (κ1) is 18.9. The van der Waals surface area contributed by atoms with E-state index in [2.05, 4.69) is 45.0 Å². The summed E-state index contributed by atoms with van der Waals surface area (Å²) in [5.41, 5.74) is 2.55. The minimum Gasteiger partial charge on any atom is -0.299 e. The number of hydrogen-bond acceptors (Lipinski definition) is 1. The fourth-order valence-electron chi connectivity index (χ4n) is 3.11. The van der Waals surface area contributed by atoms with Crippen molar-refractivity contribution in [2.45, 2.75) is 79.1 Å². The molecule has 0 saturated carbocycles. The minimum atomic E-state index is 0.0723.